The fourth-order valence-corrected chi connectivity index (χ4v) is 10.9. The van der Waals surface area contributed by atoms with E-state index in [-0.39, 0.29) is 5.41 Å². The van der Waals surface area contributed by atoms with Gasteiger partial charge in [-0.3, -0.25) is 8.97 Å². The quantitative estimate of drug-likeness (QED) is 0.159. The van der Waals surface area contributed by atoms with Crippen molar-refractivity contribution in [3.8, 4) is 84.6 Å². The molecule has 0 bridgehead atoms. The summed E-state index contributed by atoms with van der Waals surface area (Å²) < 4.78 is 11.4. The molecule has 1 aliphatic carbocycles. The molecule has 0 saturated heterocycles. The van der Waals surface area contributed by atoms with E-state index in [1.165, 1.54) is 22.3 Å². The van der Waals surface area contributed by atoms with Gasteiger partial charge in [0.05, 0.1) is 28.1 Å². The van der Waals surface area contributed by atoms with Crippen LogP contribution in [0.3, 0.4) is 0 Å². The first-order valence-corrected chi connectivity index (χ1v) is 23.7. The third kappa shape index (κ3) is 6.08. The molecule has 0 amide bonds. The summed E-state index contributed by atoms with van der Waals surface area (Å²) in [5, 5.41) is 1.93. The lowest BCUT2D eigenvalue weighted by molar-refractivity contribution is 0.660. The first-order chi connectivity index (χ1) is 34.5. The molecule has 0 aliphatic heterocycles. The smallest absolute Gasteiger partial charge is 0.220 e. The maximum atomic E-state index is 6.61. The Morgan fingerprint density at radius 2 is 0.986 bits per heavy atom. The maximum Gasteiger partial charge on any atom is 0.220 e. The number of nitrogens with zero attached hydrogens (tertiary/aromatic N) is 6. The Bertz CT molecular complexity index is 4130. The van der Waals surface area contributed by atoms with Crippen LogP contribution in [0.2, 0.25) is 0 Å². The molecule has 9 aromatic carbocycles. The van der Waals surface area contributed by atoms with Crippen LogP contribution in [0.25, 0.3) is 123 Å². The predicted molar refractivity (Wildman–Crippen MR) is 283 cm³/mol. The highest BCUT2D eigenvalue weighted by molar-refractivity contribution is 6.13. The van der Waals surface area contributed by atoms with Gasteiger partial charge in [-0.25, -0.2) is 19.9 Å². The lowest BCUT2D eigenvalue weighted by Crippen LogP contribution is -2.15. The largest absolute Gasteiger partial charge is 0.456 e. The highest BCUT2D eigenvalue weighted by Crippen LogP contribution is 2.52. The van der Waals surface area contributed by atoms with Gasteiger partial charge in [0.2, 0.25) is 5.78 Å². The zero-order valence-corrected chi connectivity index (χ0v) is 38.4. The molecular weight excluding hydrogens is 857 g/mol. The number of imidazole rings is 2. The summed E-state index contributed by atoms with van der Waals surface area (Å²) >= 11 is 0. The number of rotatable bonds is 7. The van der Waals surface area contributed by atoms with Gasteiger partial charge >= 0.3 is 0 Å². The molecule has 0 radical (unpaired) electrons. The summed E-state index contributed by atoms with van der Waals surface area (Å²) in [5.74, 6) is 2.65. The Labute approximate surface area is 403 Å². The van der Waals surface area contributed by atoms with Crippen LogP contribution in [0.5, 0.6) is 0 Å². The van der Waals surface area contributed by atoms with Crippen LogP contribution in [-0.2, 0) is 5.41 Å². The number of furan rings is 1. The van der Waals surface area contributed by atoms with Crippen molar-refractivity contribution in [2.24, 2.45) is 0 Å². The van der Waals surface area contributed by atoms with Crippen LogP contribution in [0.1, 0.15) is 25.0 Å². The normalized spacial score (nSPS) is 12.8. The van der Waals surface area contributed by atoms with Gasteiger partial charge in [-0.2, -0.15) is 0 Å². The highest BCUT2D eigenvalue weighted by atomic mass is 16.3. The molecule has 0 atom stereocenters. The van der Waals surface area contributed by atoms with E-state index in [4.69, 9.17) is 24.4 Å². The lowest BCUT2D eigenvalue weighted by Gasteiger charge is -2.21. The topological polar surface area (TPSA) is 74.0 Å². The van der Waals surface area contributed by atoms with Crippen molar-refractivity contribution < 1.29 is 4.42 Å². The molecule has 14 rings (SSSR count). The van der Waals surface area contributed by atoms with Gasteiger partial charge in [0.25, 0.3) is 0 Å². The van der Waals surface area contributed by atoms with Crippen LogP contribution < -0.4 is 0 Å². The van der Waals surface area contributed by atoms with Crippen molar-refractivity contribution in [2.45, 2.75) is 19.3 Å². The van der Waals surface area contributed by atoms with E-state index in [0.29, 0.717) is 17.5 Å². The van der Waals surface area contributed by atoms with Crippen LogP contribution in [-0.4, -0.2) is 28.9 Å². The van der Waals surface area contributed by atoms with Gasteiger partial charge in [-0.1, -0.05) is 196 Å². The maximum absolute atomic E-state index is 6.61. The van der Waals surface area contributed by atoms with Gasteiger partial charge in [0.1, 0.15) is 11.2 Å². The number of hydrogen-bond donors (Lipinski definition) is 0. The van der Waals surface area contributed by atoms with Crippen molar-refractivity contribution in [1.29, 1.82) is 0 Å². The first kappa shape index (κ1) is 39.9. The monoisotopic (exact) mass is 898 g/mol. The molecule has 70 heavy (non-hydrogen) atoms. The third-order valence-electron chi connectivity index (χ3n) is 14.2. The number of benzene rings is 9. The molecule has 4 aromatic heterocycles. The van der Waals surface area contributed by atoms with E-state index >= 15 is 0 Å². The molecule has 13 aromatic rings. The Kier molecular flexibility index (Phi) is 8.79. The van der Waals surface area contributed by atoms with Crippen molar-refractivity contribution >= 4 is 38.7 Å². The van der Waals surface area contributed by atoms with Crippen LogP contribution in [0.4, 0.5) is 0 Å². The molecule has 0 saturated carbocycles. The molecule has 7 heteroatoms. The summed E-state index contributed by atoms with van der Waals surface area (Å²) in [5.41, 5.74) is 18.7. The number of fused-ring (bicyclic) bond motifs is 9. The molecule has 7 nitrogen and oxygen atoms in total. The molecule has 0 fully saturated rings. The van der Waals surface area contributed by atoms with E-state index in [0.717, 1.165) is 94.8 Å². The van der Waals surface area contributed by atoms with Gasteiger partial charge in [0, 0.05) is 49.6 Å². The van der Waals surface area contributed by atoms with E-state index < -0.39 is 0 Å². The molecule has 0 unspecified atom stereocenters. The van der Waals surface area contributed by atoms with Crippen molar-refractivity contribution in [3.63, 3.8) is 0 Å². The minimum atomic E-state index is -0.165. The average Bonchev–Trinajstić information content (AvgIpc) is 4.15. The zero-order chi connectivity index (χ0) is 46.5. The molecular formula is C63H42N6O. The average molecular weight is 899 g/mol. The van der Waals surface area contributed by atoms with Gasteiger partial charge in [-0.05, 0) is 64.2 Å². The second-order valence-corrected chi connectivity index (χ2v) is 18.6. The Morgan fingerprint density at radius 1 is 0.414 bits per heavy atom. The van der Waals surface area contributed by atoms with Gasteiger partial charge in [-0.15, -0.1) is 0 Å². The summed E-state index contributed by atoms with van der Waals surface area (Å²) in [4.78, 5) is 20.9. The highest BCUT2D eigenvalue weighted by Gasteiger charge is 2.37. The Balaban J connectivity index is 1.01. The second kappa shape index (κ2) is 15.4. The summed E-state index contributed by atoms with van der Waals surface area (Å²) in [6.07, 6.45) is 0. The summed E-state index contributed by atoms with van der Waals surface area (Å²) in [7, 11) is 0. The number of hydrogen-bond acceptors (Lipinski definition) is 5. The van der Waals surface area contributed by atoms with E-state index in [1.54, 1.807) is 0 Å². The molecule has 1 aliphatic rings. The Hall–Kier alpha value is -9.20. The minimum absolute atomic E-state index is 0.165. The van der Waals surface area contributed by atoms with Crippen molar-refractivity contribution in [3.05, 3.63) is 230 Å². The van der Waals surface area contributed by atoms with Crippen molar-refractivity contribution in [2.75, 3.05) is 0 Å². The lowest BCUT2D eigenvalue weighted by atomic mass is 9.82. The first-order valence-electron chi connectivity index (χ1n) is 23.7. The predicted octanol–water partition coefficient (Wildman–Crippen LogP) is 15.7. The fourth-order valence-electron chi connectivity index (χ4n) is 10.9. The van der Waals surface area contributed by atoms with Gasteiger partial charge < -0.3 is 4.42 Å². The van der Waals surface area contributed by atoms with E-state index in [2.05, 4.69) is 168 Å². The molecule has 330 valence electrons. The van der Waals surface area contributed by atoms with Crippen LogP contribution in [0, 0.1) is 0 Å². The van der Waals surface area contributed by atoms with Crippen LogP contribution >= 0.6 is 0 Å². The summed E-state index contributed by atoms with van der Waals surface area (Å²) in [6, 6.07) is 76.5. The zero-order valence-electron chi connectivity index (χ0n) is 38.4. The third-order valence-corrected chi connectivity index (χ3v) is 14.2. The number of aromatic nitrogens is 6. The van der Waals surface area contributed by atoms with E-state index in [9.17, 15) is 0 Å². The second-order valence-electron chi connectivity index (χ2n) is 18.6. The van der Waals surface area contributed by atoms with Crippen LogP contribution in [0.15, 0.2) is 223 Å². The molecule has 4 heterocycles. The summed E-state index contributed by atoms with van der Waals surface area (Å²) in [6.45, 7) is 4.68. The minimum Gasteiger partial charge on any atom is -0.456 e. The fraction of sp³-hybridized carbons (Fsp3) is 0.0476. The Morgan fingerprint density at radius 3 is 1.70 bits per heavy atom. The molecule has 0 spiro atoms. The van der Waals surface area contributed by atoms with E-state index in [1.807, 2.05) is 72.8 Å². The SMILES string of the molecule is CC1(C)c2ccccc2-c2c(-n3c4ccc(-c5ccc6oc7cccc(-c8nc(-c9ccccc9)nc(-c9ccccc9)n8)c7c6c5)cc4n4c(-c5ccccc5)c(-c5ccccc5)nc34)cccc21. The van der Waals surface area contributed by atoms with Crippen molar-refractivity contribution in [1.82, 2.24) is 28.9 Å². The standard InChI is InChI=1S/C63H42N6O/c1-63(2)48-29-16-15-27-45(48)56-49(63)30-18-31-51(56)68-50-35-33-44(38-52(50)69-58(40-21-9-4-10-22-40)57(64-62(68)69)39-19-7-3-8-20-39)43-34-36-53-47(37-43)55-46(28-17-32-54(55)70-53)61-66-59(41-23-11-5-12-24-41)65-60(67-61)42-25-13-6-14-26-42/h3-38H,1-2H3. The molecule has 0 N–H and O–H groups in total. The van der Waals surface area contributed by atoms with Gasteiger partial charge in [0.15, 0.2) is 17.5 Å².